The van der Waals surface area contributed by atoms with Crippen LogP contribution in [0.2, 0.25) is 0 Å². The van der Waals surface area contributed by atoms with Gasteiger partial charge < -0.3 is 10.6 Å². The van der Waals surface area contributed by atoms with Crippen LogP contribution in [0.1, 0.15) is 51.9 Å². The Hall–Kier alpha value is 0.190. The predicted octanol–water partition coefficient (Wildman–Crippen LogP) is 2.81. The van der Waals surface area contributed by atoms with E-state index in [2.05, 4.69) is 27.5 Å². The van der Waals surface area contributed by atoms with Crippen LogP contribution in [0.3, 0.4) is 0 Å². The monoisotopic (exact) mass is 328 g/mol. The summed E-state index contributed by atoms with van der Waals surface area (Å²) in [5, 5.41) is 0. The van der Waals surface area contributed by atoms with Crippen molar-refractivity contribution in [3.05, 3.63) is 0 Å². The highest BCUT2D eigenvalue weighted by Gasteiger charge is 2.24. The first-order valence-electron chi connectivity index (χ1n) is 9.29. The summed E-state index contributed by atoms with van der Waals surface area (Å²) in [5.41, 5.74) is 5.98. The second-order valence-corrected chi connectivity index (χ2v) is 8.39. The largest absolute Gasteiger partial charge is 0.328 e. The average Bonchev–Trinajstić information content (AvgIpc) is 2.52. The lowest BCUT2D eigenvalue weighted by Gasteiger charge is -2.37. The lowest BCUT2D eigenvalue weighted by Crippen LogP contribution is -2.40. The van der Waals surface area contributed by atoms with Crippen LogP contribution in [0, 0.1) is 5.92 Å². The van der Waals surface area contributed by atoms with Crippen LogP contribution < -0.4 is 5.73 Å². The van der Waals surface area contributed by atoms with Crippen LogP contribution >= 0.6 is 12.1 Å². The van der Waals surface area contributed by atoms with Gasteiger partial charge in [0.15, 0.2) is 0 Å². The highest BCUT2D eigenvalue weighted by atomic mass is 32.2. The first kappa shape index (κ1) is 18.5. The number of rotatable bonds is 8. The highest BCUT2D eigenvalue weighted by molar-refractivity contribution is 7.94. The molecular formula is C17H36N4S. The molecule has 2 aliphatic rings. The van der Waals surface area contributed by atoms with E-state index in [0.29, 0.717) is 6.04 Å². The maximum atomic E-state index is 5.98. The van der Waals surface area contributed by atoms with Crippen molar-refractivity contribution in [3.63, 3.8) is 0 Å². The first-order chi connectivity index (χ1) is 10.7. The topological polar surface area (TPSA) is 35.7 Å². The summed E-state index contributed by atoms with van der Waals surface area (Å²) in [6.45, 7) is 9.67. The molecule has 0 saturated carbocycles. The van der Waals surface area contributed by atoms with Gasteiger partial charge in [-0.05, 0) is 51.6 Å². The normalized spacial score (nSPS) is 23.5. The van der Waals surface area contributed by atoms with Crippen molar-refractivity contribution in [2.24, 2.45) is 11.7 Å². The fourth-order valence-electron chi connectivity index (χ4n) is 3.46. The molecule has 0 radical (unpaired) electrons. The van der Waals surface area contributed by atoms with Crippen LogP contribution in [0.5, 0.6) is 0 Å². The van der Waals surface area contributed by atoms with Gasteiger partial charge in [0, 0.05) is 50.9 Å². The summed E-state index contributed by atoms with van der Waals surface area (Å²) >= 11 is 1.98. The molecule has 2 fully saturated rings. The van der Waals surface area contributed by atoms with Crippen LogP contribution in [0.15, 0.2) is 0 Å². The number of unbranched alkanes of at least 4 members (excludes halogenated alkanes) is 2. The molecule has 0 bridgehead atoms. The molecule has 4 nitrogen and oxygen atoms in total. The quantitative estimate of drug-likeness (QED) is 0.548. The Labute approximate surface area is 142 Å². The molecule has 0 aliphatic carbocycles. The maximum absolute atomic E-state index is 5.98. The minimum absolute atomic E-state index is 0.436. The predicted molar refractivity (Wildman–Crippen MR) is 97.7 cm³/mol. The van der Waals surface area contributed by atoms with Crippen molar-refractivity contribution in [2.45, 2.75) is 57.9 Å². The van der Waals surface area contributed by atoms with Crippen molar-refractivity contribution in [1.82, 2.24) is 13.5 Å². The standard InChI is InChI=1S/C17H36N4S/c1-3-4-5-10-19(2)15-16-6-11-20(12-7-16)22-21-13-8-17(18)9-14-21/h16-17H,3-15,18H2,1-2H3. The van der Waals surface area contributed by atoms with Crippen LogP contribution in [-0.2, 0) is 0 Å². The van der Waals surface area contributed by atoms with Crippen LogP contribution in [0.4, 0.5) is 0 Å². The Kier molecular flexibility index (Phi) is 8.54. The second-order valence-electron chi connectivity index (χ2n) is 7.19. The molecule has 2 rings (SSSR count). The van der Waals surface area contributed by atoms with Gasteiger partial charge in [-0.2, -0.15) is 0 Å². The third-order valence-electron chi connectivity index (χ3n) is 5.02. The zero-order valence-electron chi connectivity index (χ0n) is 14.7. The van der Waals surface area contributed by atoms with Gasteiger partial charge in [0.05, 0.1) is 0 Å². The number of piperidine rings is 2. The molecule has 22 heavy (non-hydrogen) atoms. The smallest absolute Gasteiger partial charge is 0.0116 e. The summed E-state index contributed by atoms with van der Waals surface area (Å²) in [6.07, 6.45) is 9.09. The summed E-state index contributed by atoms with van der Waals surface area (Å²) in [4.78, 5) is 2.55. The average molecular weight is 329 g/mol. The van der Waals surface area contributed by atoms with E-state index in [9.17, 15) is 0 Å². The maximum Gasteiger partial charge on any atom is 0.0116 e. The number of nitrogens with two attached hydrogens (primary N) is 1. The minimum atomic E-state index is 0.436. The first-order valence-corrected chi connectivity index (χ1v) is 10.0. The van der Waals surface area contributed by atoms with E-state index in [1.807, 2.05) is 12.1 Å². The lowest BCUT2D eigenvalue weighted by atomic mass is 9.97. The Morgan fingerprint density at radius 1 is 1.00 bits per heavy atom. The summed E-state index contributed by atoms with van der Waals surface area (Å²) < 4.78 is 5.09. The van der Waals surface area contributed by atoms with Gasteiger partial charge >= 0.3 is 0 Å². The van der Waals surface area contributed by atoms with E-state index in [-0.39, 0.29) is 0 Å². The minimum Gasteiger partial charge on any atom is -0.328 e. The summed E-state index contributed by atoms with van der Waals surface area (Å²) in [6, 6.07) is 0.436. The van der Waals surface area contributed by atoms with Crippen molar-refractivity contribution >= 4 is 12.1 Å². The van der Waals surface area contributed by atoms with Gasteiger partial charge in [0.1, 0.15) is 0 Å². The Morgan fingerprint density at radius 2 is 1.59 bits per heavy atom. The van der Waals surface area contributed by atoms with Crippen molar-refractivity contribution in [1.29, 1.82) is 0 Å². The SMILES string of the molecule is CCCCCN(C)CC1CCN(SN2CCC(N)CC2)CC1. The molecule has 0 aromatic carbocycles. The van der Waals surface area contributed by atoms with Gasteiger partial charge in [-0.15, -0.1) is 0 Å². The summed E-state index contributed by atoms with van der Waals surface area (Å²) in [7, 11) is 2.30. The molecule has 0 amide bonds. The van der Waals surface area contributed by atoms with Crippen LogP contribution in [-0.4, -0.2) is 65.9 Å². The van der Waals surface area contributed by atoms with Gasteiger partial charge in [-0.1, -0.05) is 19.8 Å². The van der Waals surface area contributed by atoms with Gasteiger partial charge in [0.25, 0.3) is 0 Å². The molecule has 2 saturated heterocycles. The molecule has 0 aromatic heterocycles. The molecule has 2 N–H and O–H groups in total. The number of nitrogens with zero attached hydrogens (tertiary/aromatic N) is 3. The van der Waals surface area contributed by atoms with Crippen molar-refractivity contribution in [2.75, 3.05) is 46.3 Å². The molecule has 2 heterocycles. The zero-order valence-corrected chi connectivity index (χ0v) is 15.5. The second kappa shape index (κ2) is 10.1. The Morgan fingerprint density at radius 3 is 2.18 bits per heavy atom. The van der Waals surface area contributed by atoms with Gasteiger partial charge in [-0.3, -0.25) is 0 Å². The fourth-order valence-corrected chi connectivity index (χ4v) is 4.53. The summed E-state index contributed by atoms with van der Waals surface area (Å²) in [5.74, 6) is 0.901. The molecule has 0 unspecified atom stereocenters. The highest BCUT2D eigenvalue weighted by Crippen LogP contribution is 2.27. The molecule has 0 aromatic rings. The Bertz CT molecular complexity index is 286. The lowest BCUT2D eigenvalue weighted by molar-refractivity contribution is 0.206. The van der Waals surface area contributed by atoms with E-state index < -0.39 is 0 Å². The van der Waals surface area contributed by atoms with E-state index in [0.717, 1.165) is 31.8 Å². The van der Waals surface area contributed by atoms with Gasteiger partial charge in [0.2, 0.25) is 0 Å². The molecule has 0 atom stereocenters. The van der Waals surface area contributed by atoms with E-state index in [1.54, 1.807) is 0 Å². The van der Waals surface area contributed by atoms with Crippen molar-refractivity contribution in [3.8, 4) is 0 Å². The molecule has 0 spiro atoms. The third kappa shape index (κ3) is 6.75. The Balaban J connectivity index is 1.57. The van der Waals surface area contributed by atoms with E-state index in [4.69, 9.17) is 5.73 Å². The molecular weight excluding hydrogens is 292 g/mol. The third-order valence-corrected chi connectivity index (χ3v) is 6.21. The van der Waals surface area contributed by atoms with E-state index >= 15 is 0 Å². The molecule has 5 heteroatoms. The van der Waals surface area contributed by atoms with Gasteiger partial charge in [-0.25, -0.2) is 8.61 Å². The van der Waals surface area contributed by atoms with Crippen molar-refractivity contribution < 1.29 is 0 Å². The number of hydrogen-bond acceptors (Lipinski definition) is 5. The van der Waals surface area contributed by atoms with Crippen LogP contribution in [0.25, 0.3) is 0 Å². The van der Waals surface area contributed by atoms with E-state index in [1.165, 1.54) is 58.3 Å². The fraction of sp³-hybridized carbons (Fsp3) is 1.00. The molecule has 130 valence electrons. The zero-order chi connectivity index (χ0) is 15.8. The number of hydrogen-bond donors (Lipinski definition) is 1. The molecule has 2 aliphatic heterocycles.